The molecule has 1 unspecified atom stereocenters. The van der Waals surface area contributed by atoms with E-state index in [9.17, 15) is 0 Å². The van der Waals surface area contributed by atoms with E-state index in [2.05, 4.69) is 0 Å². The molecule has 3 nitrogen and oxygen atoms in total. The predicted molar refractivity (Wildman–Crippen MR) is 42.1 cm³/mol. The molecule has 0 aromatic carbocycles. The molecule has 58 valence electrons. The van der Waals surface area contributed by atoms with Crippen molar-refractivity contribution in [2.24, 2.45) is 0 Å². The molecular formula is C6H12ClN3. The van der Waals surface area contributed by atoms with Crippen molar-refractivity contribution in [1.82, 2.24) is 10.6 Å². The van der Waals surface area contributed by atoms with Gasteiger partial charge >= 0.3 is 0 Å². The highest BCUT2D eigenvalue weighted by atomic mass is 35.5. The van der Waals surface area contributed by atoms with Crippen molar-refractivity contribution in [1.29, 1.82) is 5.26 Å². The van der Waals surface area contributed by atoms with Crippen LogP contribution >= 0.6 is 12.4 Å². The van der Waals surface area contributed by atoms with Gasteiger partial charge in [0.25, 0.3) is 0 Å². The molecular weight excluding hydrogens is 150 g/mol. The number of nitriles is 1. The van der Waals surface area contributed by atoms with Gasteiger partial charge in [0, 0.05) is 36.5 Å². The third-order valence-electron chi connectivity index (χ3n) is 0.767. The van der Waals surface area contributed by atoms with E-state index in [4.69, 9.17) is 16.2 Å². The lowest BCUT2D eigenvalue weighted by atomic mass is 10.2. The van der Waals surface area contributed by atoms with Crippen molar-refractivity contribution >= 4 is 12.4 Å². The van der Waals surface area contributed by atoms with Crippen LogP contribution in [0.4, 0.5) is 0 Å². The van der Waals surface area contributed by atoms with E-state index < -0.39 is 31.9 Å². The monoisotopic (exact) mass is 169 g/mol. The van der Waals surface area contributed by atoms with E-state index in [-0.39, 0.29) is 12.4 Å². The van der Waals surface area contributed by atoms with Crippen molar-refractivity contribution in [2.75, 3.05) is 19.5 Å². The van der Waals surface area contributed by atoms with Gasteiger partial charge in [0.05, 0.1) is 12.4 Å². The highest BCUT2D eigenvalue weighted by Crippen LogP contribution is 1.90. The fourth-order valence-electron chi connectivity index (χ4n) is 0.421. The second-order valence-corrected chi connectivity index (χ2v) is 1.35. The summed E-state index contributed by atoms with van der Waals surface area (Å²) >= 11 is 0. The lowest BCUT2D eigenvalue weighted by Crippen LogP contribution is -2.47. The van der Waals surface area contributed by atoms with E-state index in [1.807, 2.05) is 5.32 Å². The van der Waals surface area contributed by atoms with Crippen LogP contribution in [-0.4, -0.2) is 25.5 Å². The molecule has 2 N–H and O–H groups in total. The van der Waals surface area contributed by atoms with Crippen molar-refractivity contribution in [3.8, 4) is 6.07 Å². The van der Waals surface area contributed by atoms with Crippen LogP contribution in [0.15, 0.2) is 0 Å². The SMILES string of the molecule is Cl.[2H]C([2H])(C#N)C1NC([2H])([2H])C([2H])([2H])NC1([2H])[2H]. The van der Waals surface area contributed by atoms with Gasteiger partial charge in [0.2, 0.25) is 0 Å². The average Bonchev–Trinajstić information content (AvgIpc) is 2.10. The summed E-state index contributed by atoms with van der Waals surface area (Å²) in [6.07, 6.45) is -2.68. The fourth-order valence-corrected chi connectivity index (χ4v) is 0.421. The molecule has 1 heterocycles. The van der Waals surface area contributed by atoms with Crippen LogP contribution in [-0.2, 0) is 0 Å². The van der Waals surface area contributed by atoms with Crippen LogP contribution in [0.2, 0.25) is 0 Å². The molecule has 1 saturated heterocycles. The maximum absolute atomic E-state index is 8.60. The Hall–Kier alpha value is -0.300. The summed E-state index contributed by atoms with van der Waals surface area (Å²) in [6, 6.07) is -0.601. The van der Waals surface area contributed by atoms with Gasteiger partial charge < -0.3 is 10.6 Å². The van der Waals surface area contributed by atoms with Crippen molar-refractivity contribution in [2.45, 2.75) is 12.4 Å². The minimum Gasteiger partial charge on any atom is -0.314 e. The molecule has 0 aliphatic carbocycles. The topological polar surface area (TPSA) is 47.9 Å². The molecule has 0 aromatic heterocycles. The van der Waals surface area contributed by atoms with Crippen molar-refractivity contribution in [3.05, 3.63) is 0 Å². The number of hydrogen-bond donors (Lipinski definition) is 2. The summed E-state index contributed by atoms with van der Waals surface area (Å²) < 4.78 is 58.9. The van der Waals surface area contributed by atoms with Gasteiger partial charge in [-0.3, -0.25) is 0 Å². The van der Waals surface area contributed by atoms with Crippen LogP contribution in [0.3, 0.4) is 0 Å². The van der Waals surface area contributed by atoms with E-state index in [1.54, 1.807) is 5.32 Å². The summed E-state index contributed by atoms with van der Waals surface area (Å²) in [5.74, 6) is 0. The van der Waals surface area contributed by atoms with E-state index >= 15 is 0 Å². The van der Waals surface area contributed by atoms with Crippen molar-refractivity contribution in [3.63, 3.8) is 0 Å². The molecule has 1 aliphatic rings. The van der Waals surface area contributed by atoms with Crippen LogP contribution in [0.1, 0.15) is 17.3 Å². The number of piperazine rings is 1. The molecule has 0 aromatic rings. The third-order valence-corrected chi connectivity index (χ3v) is 0.767. The molecule has 0 bridgehead atoms. The second kappa shape index (κ2) is 5.48. The molecule has 1 fully saturated rings. The smallest absolute Gasteiger partial charge is 0.0638 e. The highest BCUT2D eigenvalue weighted by Gasteiger charge is 2.09. The molecule has 4 heteroatoms. The first-order valence-electron chi connectivity index (χ1n) is 6.34. The van der Waals surface area contributed by atoms with Gasteiger partial charge in [-0.1, -0.05) is 0 Å². The molecule has 1 aliphatic heterocycles. The van der Waals surface area contributed by atoms with E-state index in [1.165, 1.54) is 6.07 Å². The number of halogens is 1. The number of nitrogens with zero attached hydrogens (tertiary/aromatic N) is 1. The fraction of sp³-hybridized carbons (Fsp3) is 0.833. The summed E-state index contributed by atoms with van der Waals surface area (Å²) in [6.45, 7) is -8.03. The van der Waals surface area contributed by atoms with E-state index in [0.29, 0.717) is 0 Å². The van der Waals surface area contributed by atoms with Gasteiger partial charge in [-0.05, 0) is 0 Å². The standard InChI is InChI=1S/C6H11N3.ClH/c7-2-1-6-5-8-3-4-9-6;/h6,8-9H,1,3-5H2;1H/i1D2,3D2,4D2,5D2;. The Morgan fingerprint density at radius 2 is 2.60 bits per heavy atom. The van der Waals surface area contributed by atoms with Crippen LogP contribution in [0, 0.1) is 11.3 Å². The summed E-state index contributed by atoms with van der Waals surface area (Å²) in [4.78, 5) is 0. The zero-order valence-corrected chi connectivity index (χ0v) is 5.75. The number of rotatable bonds is 1. The van der Waals surface area contributed by atoms with Gasteiger partial charge in [-0.25, -0.2) is 0 Å². The number of nitrogens with one attached hydrogen (secondary N) is 2. The maximum atomic E-state index is 8.60. The van der Waals surface area contributed by atoms with Crippen LogP contribution < -0.4 is 10.6 Å². The van der Waals surface area contributed by atoms with Crippen molar-refractivity contribution < 1.29 is 11.0 Å². The maximum Gasteiger partial charge on any atom is 0.0638 e. The van der Waals surface area contributed by atoms with Crippen LogP contribution in [0.25, 0.3) is 0 Å². The zero-order chi connectivity index (χ0) is 13.7. The van der Waals surface area contributed by atoms with E-state index in [0.717, 1.165) is 0 Å². The predicted octanol–water partition coefficient (Wildman–Crippen LogP) is -0.117. The molecule has 1 rings (SSSR count). The van der Waals surface area contributed by atoms with Gasteiger partial charge in [0.15, 0.2) is 0 Å². The molecule has 0 spiro atoms. The van der Waals surface area contributed by atoms with Gasteiger partial charge in [0.1, 0.15) is 0 Å². The molecule has 0 saturated carbocycles. The first-order valence-corrected chi connectivity index (χ1v) is 2.34. The Kier molecular flexibility index (Phi) is 1.44. The molecule has 0 radical (unpaired) electrons. The van der Waals surface area contributed by atoms with Crippen LogP contribution in [0.5, 0.6) is 0 Å². The Balaban J connectivity index is 0.00000289. The Morgan fingerprint density at radius 3 is 3.30 bits per heavy atom. The summed E-state index contributed by atoms with van der Waals surface area (Å²) in [7, 11) is 0. The first-order chi connectivity index (χ1) is 7.36. The third kappa shape index (κ3) is 3.02. The molecule has 10 heavy (non-hydrogen) atoms. The Bertz CT molecular complexity index is 364. The lowest BCUT2D eigenvalue weighted by Gasteiger charge is -2.21. The Labute approximate surface area is 78.4 Å². The largest absolute Gasteiger partial charge is 0.314 e. The van der Waals surface area contributed by atoms with Gasteiger partial charge in [-0.15, -0.1) is 12.4 Å². The zero-order valence-electron chi connectivity index (χ0n) is 12.9. The quantitative estimate of drug-likeness (QED) is 0.576. The molecule has 1 atom stereocenters. The normalized spacial score (nSPS) is 52.9. The summed E-state index contributed by atoms with van der Waals surface area (Å²) in [5.41, 5.74) is 0. The Morgan fingerprint density at radius 1 is 1.80 bits per heavy atom. The minimum atomic E-state index is -2.72. The first kappa shape index (κ1) is 2.63. The summed E-state index contributed by atoms with van der Waals surface area (Å²) in [5, 5.41) is 12.2. The van der Waals surface area contributed by atoms with Gasteiger partial charge in [-0.2, -0.15) is 5.26 Å². The molecule has 0 amide bonds. The number of hydrogen-bond acceptors (Lipinski definition) is 3. The lowest BCUT2D eigenvalue weighted by molar-refractivity contribution is 0.423. The second-order valence-electron chi connectivity index (χ2n) is 1.35. The minimum absolute atomic E-state index is 0. The average molecular weight is 170 g/mol. The highest BCUT2D eigenvalue weighted by molar-refractivity contribution is 5.85.